The molecule has 0 saturated heterocycles. The number of hydrogen-bond donors (Lipinski definition) is 1. The van der Waals surface area contributed by atoms with Crippen molar-refractivity contribution >= 4 is 46.4 Å². The average Bonchev–Trinajstić information content (AvgIpc) is 2.71. The van der Waals surface area contributed by atoms with Crippen LogP contribution >= 0.6 is 23.2 Å². The summed E-state index contributed by atoms with van der Waals surface area (Å²) in [6.07, 6.45) is 0.0189. The normalized spacial score (nSPS) is 14.1. The molecule has 2 aromatic rings. The van der Waals surface area contributed by atoms with Gasteiger partial charge in [0.25, 0.3) is 11.8 Å². The zero-order chi connectivity index (χ0) is 22.5. The van der Waals surface area contributed by atoms with Gasteiger partial charge in [0.05, 0.1) is 10.7 Å². The Morgan fingerprint density at radius 3 is 2.74 bits per heavy atom. The molecule has 2 aromatic carbocycles. The number of carbonyl (C=O) groups is 2. The fraction of sp³-hybridized carbons (Fsp3) is 0.364. The molecule has 0 radical (unpaired) electrons. The molecule has 1 atom stereocenters. The van der Waals surface area contributed by atoms with Gasteiger partial charge in [0, 0.05) is 17.3 Å². The number of benzene rings is 2. The van der Waals surface area contributed by atoms with E-state index in [0.717, 1.165) is 13.0 Å². The molecule has 31 heavy (non-hydrogen) atoms. The lowest BCUT2D eigenvalue weighted by Crippen LogP contribution is -2.40. The van der Waals surface area contributed by atoms with E-state index in [9.17, 15) is 9.59 Å². The molecule has 1 aliphatic rings. The van der Waals surface area contributed by atoms with Gasteiger partial charge in [-0.05, 0) is 70.4 Å². The van der Waals surface area contributed by atoms with Gasteiger partial charge in [-0.25, -0.2) is 0 Å². The molecule has 1 heterocycles. The largest absolute Gasteiger partial charge is 0.482 e. The first-order valence-corrected chi connectivity index (χ1v) is 10.6. The molecule has 0 saturated carbocycles. The smallest absolute Gasteiger partial charge is 0.265 e. The molecular weight excluding hydrogens is 441 g/mol. The number of ether oxygens (including phenoxy) is 2. The van der Waals surface area contributed by atoms with Crippen LogP contribution in [0.15, 0.2) is 36.4 Å². The Hall–Kier alpha value is -2.48. The monoisotopic (exact) mass is 465 g/mol. The highest BCUT2D eigenvalue weighted by atomic mass is 35.5. The number of nitrogens with zero attached hydrogens (tertiary/aromatic N) is 2. The fourth-order valence-corrected chi connectivity index (χ4v) is 3.58. The van der Waals surface area contributed by atoms with Gasteiger partial charge >= 0.3 is 0 Å². The summed E-state index contributed by atoms with van der Waals surface area (Å²) in [5, 5.41) is 3.62. The molecule has 0 aliphatic carbocycles. The Bertz CT molecular complexity index is 968. The summed E-state index contributed by atoms with van der Waals surface area (Å²) in [7, 11) is 3.98. The Balaban J connectivity index is 1.69. The van der Waals surface area contributed by atoms with E-state index >= 15 is 0 Å². The molecule has 1 aliphatic heterocycles. The van der Waals surface area contributed by atoms with Crippen molar-refractivity contribution in [3.05, 3.63) is 46.4 Å². The van der Waals surface area contributed by atoms with Crippen LogP contribution in [0, 0.1) is 0 Å². The van der Waals surface area contributed by atoms with Crippen LogP contribution in [0.2, 0.25) is 10.0 Å². The summed E-state index contributed by atoms with van der Waals surface area (Å²) in [5.41, 5.74) is 1.18. The van der Waals surface area contributed by atoms with Crippen LogP contribution in [-0.2, 0) is 9.59 Å². The maximum absolute atomic E-state index is 12.6. The van der Waals surface area contributed by atoms with Gasteiger partial charge in [-0.3, -0.25) is 9.59 Å². The Labute approximate surface area is 191 Å². The van der Waals surface area contributed by atoms with E-state index in [0.29, 0.717) is 39.5 Å². The first kappa shape index (κ1) is 23.2. The number of halogens is 2. The summed E-state index contributed by atoms with van der Waals surface area (Å²) in [6, 6.07) is 10.0. The van der Waals surface area contributed by atoms with Crippen molar-refractivity contribution in [2.24, 2.45) is 0 Å². The Morgan fingerprint density at radius 2 is 2.03 bits per heavy atom. The van der Waals surface area contributed by atoms with Crippen molar-refractivity contribution in [2.45, 2.75) is 19.4 Å². The number of nitrogens with one attached hydrogen (secondary N) is 1. The second kappa shape index (κ2) is 10.2. The van der Waals surface area contributed by atoms with E-state index in [1.54, 1.807) is 48.2 Å². The van der Waals surface area contributed by atoms with Crippen molar-refractivity contribution in [3.8, 4) is 11.5 Å². The standard InChI is InChI=1S/C22H25Cl2N3O4/c1-14(31-19-7-5-15(23)11-17(19)24)22(29)25-16-6-8-20-18(12-16)27(21(28)13-30-20)10-4-9-26(2)3/h5-8,11-12,14H,4,9-10,13H2,1-3H3,(H,25,29). The molecule has 1 N–H and O–H groups in total. The van der Waals surface area contributed by atoms with Crippen molar-refractivity contribution in [3.63, 3.8) is 0 Å². The third kappa shape index (κ3) is 6.03. The molecule has 2 amide bonds. The predicted molar refractivity (Wildman–Crippen MR) is 123 cm³/mol. The zero-order valence-electron chi connectivity index (χ0n) is 17.7. The lowest BCUT2D eigenvalue weighted by molar-refractivity contribution is -0.122. The van der Waals surface area contributed by atoms with Gasteiger partial charge in [-0.2, -0.15) is 0 Å². The van der Waals surface area contributed by atoms with Crippen LogP contribution in [0.5, 0.6) is 11.5 Å². The maximum Gasteiger partial charge on any atom is 0.265 e. The molecule has 166 valence electrons. The van der Waals surface area contributed by atoms with Crippen molar-refractivity contribution in [1.29, 1.82) is 0 Å². The topological polar surface area (TPSA) is 71.1 Å². The van der Waals surface area contributed by atoms with E-state index in [1.165, 1.54) is 0 Å². The van der Waals surface area contributed by atoms with Crippen LogP contribution in [0.4, 0.5) is 11.4 Å². The third-order valence-electron chi connectivity index (χ3n) is 4.72. The average molecular weight is 466 g/mol. The zero-order valence-corrected chi connectivity index (χ0v) is 19.2. The molecule has 9 heteroatoms. The number of anilines is 2. The molecule has 0 fully saturated rings. The number of hydrogen-bond acceptors (Lipinski definition) is 5. The van der Waals surface area contributed by atoms with Crippen LogP contribution in [0.25, 0.3) is 0 Å². The number of amides is 2. The molecule has 0 bridgehead atoms. The third-order valence-corrected chi connectivity index (χ3v) is 5.25. The van der Waals surface area contributed by atoms with Crippen molar-refractivity contribution in [2.75, 3.05) is 44.0 Å². The lowest BCUT2D eigenvalue weighted by atomic mass is 10.2. The van der Waals surface area contributed by atoms with Crippen LogP contribution in [0.3, 0.4) is 0 Å². The second-order valence-corrected chi connectivity index (χ2v) is 8.34. The highest BCUT2D eigenvalue weighted by molar-refractivity contribution is 6.35. The summed E-state index contributed by atoms with van der Waals surface area (Å²) >= 11 is 12.0. The van der Waals surface area contributed by atoms with E-state index in [4.69, 9.17) is 32.7 Å². The molecular formula is C22H25Cl2N3O4. The molecule has 0 aromatic heterocycles. The van der Waals surface area contributed by atoms with Gasteiger partial charge in [-0.15, -0.1) is 0 Å². The molecule has 7 nitrogen and oxygen atoms in total. The predicted octanol–water partition coefficient (Wildman–Crippen LogP) is 4.08. The highest BCUT2D eigenvalue weighted by Crippen LogP contribution is 2.35. The van der Waals surface area contributed by atoms with Gasteiger partial charge in [-0.1, -0.05) is 23.2 Å². The first-order valence-electron chi connectivity index (χ1n) is 9.89. The molecule has 3 rings (SSSR count). The van der Waals surface area contributed by atoms with Gasteiger partial charge < -0.3 is 24.6 Å². The van der Waals surface area contributed by atoms with Gasteiger partial charge in [0.2, 0.25) is 0 Å². The van der Waals surface area contributed by atoms with E-state index < -0.39 is 6.10 Å². The summed E-state index contributed by atoms with van der Waals surface area (Å²) in [5.74, 6) is 0.516. The van der Waals surface area contributed by atoms with E-state index in [2.05, 4.69) is 10.2 Å². The number of rotatable bonds is 8. The second-order valence-electron chi connectivity index (χ2n) is 7.50. The van der Waals surface area contributed by atoms with Gasteiger partial charge in [0.15, 0.2) is 12.7 Å². The van der Waals surface area contributed by atoms with E-state index in [1.807, 2.05) is 14.1 Å². The first-order chi connectivity index (χ1) is 14.7. The van der Waals surface area contributed by atoms with Crippen molar-refractivity contribution < 1.29 is 19.1 Å². The van der Waals surface area contributed by atoms with Gasteiger partial charge in [0.1, 0.15) is 11.5 Å². The summed E-state index contributed by atoms with van der Waals surface area (Å²) in [4.78, 5) is 28.8. The Morgan fingerprint density at radius 1 is 1.26 bits per heavy atom. The van der Waals surface area contributed by atoms with Crippen LogP contribution in [0.1, 0.15) is 13.3 Å². The minimum atomic E-state index is -0.802. The van der Waals surface area contributed by atoms with Crippen LogP contribution in [-0.4, -0.2) is 56.6 Å². The quantitative estimate of drug-likeness (QED) is 0.635. The lowest BCUT2D eigenvalue weighted by Gasteiger charge is -2.30. The Kier molecular flexibility index (Phi) is 7.64. The van der Waals surface area contributed by atoms with Crippen LogP contribution < -0.4 is 19.7 Å². The minimum Gasteiger partial charge on any atom is -0.482 e. The fourth-order valence-electron chi connectivity index (χ4n) is 3.13. The number of fused-ring (bicyclic) bond motifs is 1. The van der Waals surface area contributed by atoms with E-state index in [-0.39, 0.29) is 18.4 Å². The maximum atomic E-state index is 12.6. The number of carbonyl (C=O) groups excluding carboxylic acids is 2. The summed E-state index contributed by atoms with van der Waals surface area (Å²) in [6.45, 7) is 3.06. The SMILES string of the molecule is CC(Oc1ccc(Cl)cc1Cl)C(=O)Nc1ccc2c(c1)N(CCCN(C)C)C(=O)CO2. The highest BCUT2D eigenvalue weighted by Gasteiger charge is 2.26. The van der Waals surface area contributed by atoms with Crippen molar-refractivity contribution in [1.82, 2.24) is 4.90 Å². The molecule has 1 unspecified atom stereocenters. The summed E-state index contributed by atoms with van der Waals surface area (Å²) < 4.78 is 11.2. The minimum absolute atomic E-state index is 0.00734. The molecule has 0 spiro atoms.